The van der Waals surface area contributed by atoms with Crippen LogP contribution in [0.15, 0.2) is 42.5 Å². The van der Waals surface area contributed by atoms with Crippen LogP contribution in [-0.2, 0) is 19.3 Å². The lowest BCUT2D eigenvalue weighted by molar-refractivity contribution is -0.137. The fraction of sp³-hybridized carbons (Fsp3) is 0.368. The van der Waals surface area contributed by atoms with Gasteiger partial charge in [0.1, 0.15) is 0 Å². The highest BCUT2D eigenvalue weighted by atomic mass is 19.4. The molecule has 0 bridgehead atoms. The van der Waals surface area contributed by atoms with E-state index in [1.54, 1.807) is 6.07 Å². The van der Waals surface area contributed by atoms with Crippen molar-refractivity contribution in [2.45, 2.75) is 25.3 Å². The molecule has 1 aliphatic heterocycles. The quantitative estimate of drug-likeness (QED) is 0.912. The van der Waals surface area contributed by atoms with Crippen molar-refractivity contribution in [1.29, 1.82) is 0 Å². The maximum Gasteiger partial charge on any atom is 0.416 e. The van der Waals surface area contributed by atoms with Crippen LogP contribution in [0.5, 0.6) is 0 Å². The van der Waals surface area contributed by atoms with Crippen LogP contribution in [-0.4, -0.2) is 25.5 Å². The van der Waals surface area contributed by atoms with Crippen molar-refractivity contribution in [3.05, 3.63) is 64.7 Å². The first-order chi connectivity index (χ1) is 11.8. The summed E-state index contributed by atoms with van der Waals surface area (Å²) >= 11 is 0. The maximum absolute atomic E-state index is 13.0. The Morgan fingerprint density at radius 2 is 1.80 bits per heavy atom. The lowest BCUT2D eigenvalue weighted by atomic mass is 10.0. The third kappa shape index (κ3) is 3.65. The van der Waals surface area contributed by atoms with Crippen LogP contribution in [0.4, 0.5) is 18.9 Å². The maximum atomic E-state index is 13.0. The number of benzene rings is 2. The molecule has 2 aromatic carbocycles. The van der Waals surface area contributed by atoms with E-state index in [9.17, 15) is 13.2 Å². The van der Waals surface area contributed by atoms with E-state index in [1.165, 1.54) is 6.07 Å². The molecule has 0 fully saturated rings. The molecule has 1 heterocycles. The van der Waals surface area contributed by atoms with Crippen LogP contribution in [0.3, 0.4) is 0 Å². The van der Waals surface area contributed by atoms with Crippen LogP contribution in [0, 0.1) is 0 Å². The SMILES string of the molecule is CN(C)c1ccc(CN2Cc3ccc(C(F)(F)F)cc3C2CN)cc1. The first kappa shape index (κ1) is 17.8. The molecular weight excluding hydrogens is 327 g/mol. The Bertz CT molecular complexity index is 739. The Morgan fingerprint density at radius 1 is 1.12 bits per heavy atom. The van der Waals surface area contributed by atoms with Crippen molar-refractivity contribution in [3.63, 3.8) is 0 Å². The summed E-state index contributed by atoms with van der Waals surface area (Å²) in [4.78, 5) is 4.16. The van der Waals surface area contributed by atoms with Crippen molar-refractivity contribution in [1.82, 2.24) is 4.90 Å². The Hall–Kier alpha value is -2.05. The third-order valence-corrected chi connectivity index (χ3v) is 4.71. The minimum atomic E-state index is -4.33. The normalized spacial score (nSPS) is 17.6. The highest BCUT2D eigenvalue weighted by molar-refractivity contribution is 5.46. The minimum Gasteiger partial charge on any atom is -0.378 e. The first-order valence-corrected chi connectivity index (χ1v) is 8.20. The zero-order valence-corrected chi connectivity index (χ0v) is 14.3. The molecule has 0 aromatic heterocycles. The fourth-order valence-corrected chi connectivity index (χ4v) is 3.33. The van der Waals surface area contributed by atoms with Crippen LogP contribution >= 0.6 is 0 Å². The minimum absolute atomic E-state index is 0.189. The number of hydrogen-bond donors (Lipinski definition) is 1. The van der Waals surface area contributed by atoms with Gasteiger partial charge in [-0.15, -0.1) is 0 Å². The van der Waals surface area contributed by atoms with Gasteiger partial charge in [-0.05, 0) is 41.0 Å². The summed E-state index contributed by atoms with van der Waals surface area (Å²) in [6, 6.07) is 12.0. The molecule has 0 amide bonds. The van der Waals surface area contributed by atoms with Gasteiger partial charge in [-0.2, -0.15) is 13.2 Å². The molecule has 134 valence electrons. The highest BCUT2D eigenvalue weighted by Gasteiger charge is 2.35. The molecule has 0 radical (unpaired) electrons. The van der Waals surface area contributed by atoms with Gasteiger partial charge in [-0.3, -0.25) is 4.90 Å². The van der Waals surface area contributed by atoms with Crippen LogP contribution in [0.25, 0.3) is 0 Å². The smallest absolute Gasteiger partial charge is 0.378 e. The van der Waals surface area contributed by atoms with E-state index in [-0.39, 0.29) is 6.04 Å². The molecule has 0 saturated carbocycles. The molecule has 1 aliphatic rings. The molecule has 6 heteroatoms. The van der Waals surface area contributed by atoms with Crippen molar-refractivity contribution in [2.24, 2.45) is 5.73 Å². The van der Waals surface area contributed by atoms with E-state index in [2.05, 4.69) is 4.90 Å². The zero-order chi connectivity index (χ0) is 18.2. The number of hydrogen-bond acceptors (Lipinski definition) is 3. The lowest BCUT2D eigenvalue weighted by Crippen LogP contribution is -2.27. The third-order valence-electron chi connectivity index (χ3n) is 4.71. The van der Waals surface area contributed by atoms with Gasteiger partial charge >= 0.3 is 6.18 Å². The molecule has 1 unspecified atom stereocenters. The highest BCUT2D eigenvalue weighted by Crippen LogP contribution is 2.38. The molecule has 0 aliphatic carbocycles. The second-order valence-electron chi connectivity index (χ2n) is 6.63. The van der Waals surface area contributed by atoms with Crippen LogP contribution < -0.4 is 10.6 Å². The Kier molecular flexibility index (Phi) is 4.75. The van der Waals surface area contributed by atoms with Gasteiger partial charge in [0.15, 0.2) is 0 Å². The Balaban J connectivity index is 1.81. The van der Waals surface area contributed by atoms with E-state index in [0.29, 0.717) is 25.2 Å². The second kappa shape index (κ2) is 6.69. The van der Waals surface area contributed by atoms with Gasteiger partial charge in [0, 0.05) is 45.5 Å². The summed E-state index contributed by atoms with van der Waals surface area (Å²) in [5.41, 5.74) is 9.13. The number of anilines is 1. The van der Waals surface area contributed by atoms with Gasteiger partial charge < -0.3 is 10.6 Å². The summed E-state index contributed by atoms with van der Waals surface area (Å²) in [6.45, 7) is 1.57. The zero-order valence-electron chi connectivity index (χ0n) is 14.3. The first-order valence-electron chi connectivity index (χ1n) is 8.20. The van der Waals surface area contributed by atoms with Crippen LogP contribution in [0.2, 0.25) is 0 Å². The topological polar surface area (TPSA) is 32.5 Å². The average Bonchev–Trinajstić information content (AvgIpc) is 2.90. The molecule has 3 nitrogen and oxygen atoms in total. The van der Waals surface area contributed by atoms with Gasteiger partial charge in [-0.25, -0.2) is 0 Å². The monoisotopic (exact) mass is 349 g/mol. The number of rotatable bonds is 4. The summed E-state index contributed by atoms with van der Waals surface area (Å²) in [7, 11) is 3.96. The van der Waals surface area contributed by atoms with Gasteiger partial charge in [0.25, 0.3) is 0 Å². The number of halogens is 3. The standard InChI is InChI=1S/C19H22F3N3/c1-24(2)16-7-3-13(4-8-16)11-25-12-14-5-6-15(19(20,21)22)9-17(14)18(25)10-23/h3-9,18H,10-12,23H2,1-2H3. The summed E-state index contributed by atoms with van der Waals surface area (Å²) in [5.74, 6) is 0. The van der Waals surface area contributed by atoms with Crippen LogP contribution in [0.1, 0.15) is 28.3 Å². The molecule has 25 heavy (non-hydrogen) atoms. The van der Waals surface area contributed by atoms with Crippen molar-refractivity contribution >= 4 is 5.69 Å². The summed E-state index contributed by atoms with van der Waals surface area (Å²) in [6.07, 6.45) is -4.33. The molecule has 0 saturated heterocycles. The fourth-order valence-electron chi connectivity index (χ4n) is 3.33. The Morgan fingerprint density at radius 3 is 2.36 bits per heavy atom. The largest absolute Gasteiger partial charge is 0.416 e. The van der Waals surface area contributed by atoms with Crippen molar-refractivity contribution < 1.29 is 13.2 Å². The molecular formula is C19H22F3N3. The average molecular weight is 349 g/mol. The Labute approximate surface area is 145 Å². The second-order valence-corrected chi connectivity index (χ2v) is 6.63. The summed E-state index contributed by atoms with van der Waals surface area (Å²) < 4.78 is 39.0. The summed E-state index contributed by atoms with van der Waals surface area (Å²) in [5, 5.41) is 0. The molecule has 2 aromatic rings. The van der Waals surface area contributed by atoms with Gasteiger partial charge in [0.2, 0.25) is 0 Å². The molecule has 3 rings (SSSR count). The van der Waals surface area contributed by atoms with E-state index < -0.39 is 11.7 Å². The predicted molar refractivity (Wildman–Crippen MR) is 93.3 cm³/mol. The number of alkyl halides is 3. The molecule has 2 N–H and O–H groups in total. The van der Waals surface area contributed by atoms with Crippen molar-refractivity contribution in [3.8, 4) is 0 Å². The van der Waals surface area contributed by atoms with E-state index in [1.807, 2.05) is 43.3 Å². The number of nitrogens with zero attached hydrogens (tertiary/aromatic N) is 2. The number of nitrogens with two attached hydrogens (primary N) is 1. The molecule has 1 atom stereocenters. The van der Waals surface area contributed by atoms with Crippen molar-refractivity contribution in [2.75, 3.05) is 25.5 Å². The molecule has 0 spiro atoms. The lowest BCUT2D eigenvalue weighted by Gasteiger charge is -2.24. The van der Waals surface area contributed by atoms with E-state index in [4.69, 9.17) is 5.73 Å². The van der Waals surface area contributed by atoms with E-state index >= 15 is 0 Å². The van der Waals surface area contributed by atoms with Gasteiger partial charge in [-0.1, -0.05) is 18.2 Å². The van der Waals surface area contributed by atoms with E-state index in [0.717, 1.165) is 22.9 Å². The number of fused-ring (bicyclic) bond motifs is 1. The van der Waals surface area contributed by atoms with Gasteiger partial charge in [0.05, 0.1) is 5.56 Å². The predicted octanol–water partition coefficient (Wildman–Crippen LogP) is 3.79.